The normalized spacial score (nSPS) is 11.7. The summed E-state index contributed by atoms with van der Waals surface area (Å²) in [6.45, 7) is 0. The second-order valence-electron chi connectivity index (χ2n) is 3.81. The summed E-state index contributed by atoms with van der Waals surface area (Å²) in [4.78, 5) is 4.18. The van der Waals surface area contributed by atoms with Gasteiger partial charge in [-0.1, -0.05) is 0 Å². The minimum Gasteiger partial charge on any atom is -0.238 e. The van der Waals surface area contributed by atoms with E-state index in [1.165, 1.54) is 39.9 Å². The number of tetrazole rings is 1. The number of sulfonamides is 1. The predicted octanol–water partition coefficient (Wildman–Crippen LogP) is 0.917. The van der Waals surface area contributed by atoms with Crippen molar-refractivity contribution in [1.29, 1.82) is 0 Å². The van der Waals surface area contributed by atoms with Crippen LogP contribution in [-0.2, 0) is 10.0 Å². The van der Waals surface area contributed by atoms with E-state index in [0.29, 0.717) is 10.8 Å². The fraction of sp³-hybridized carbons (Fsp3) is 0. The molecule has 0 spiro atoms. The number of hydrogen-bond acceptors (Lipinski definition) is 8. The van der Waals surface area contributed by atoms with Gasteiger partial charge in [0.25, 0.3) is 0 Å². The lowest BCUT2D eigenvalue weighted by Gasteiger charge is -2.04. The molecule has 21 heavy (non-hydrogen) atoms. The van der Waals surface area contributed by atoms with Crippen molar-refractivity contribution in [2.45, 2.75) is 14.4 Å². The molecule has 0 bridgehead atoms. The molecule has 0 aliphatic rings. The summed E-state index contributed by atoms with van der Waals surface area (Å²) in [5.41, 5.74) is 0.631. The van der Waals surface area contributed by atoms with Crippen molar-refractivity contribution >= 4 is 33.1 Å². The molecule has 0 saturated heterocycles. The van der Waals surface area contributed by atoms with Gasteiger partial charge in [0.2, 0.25) is 15.2 Å². The summed E-state index contributed by atoms with van der Waals surface area (Å²) in [6.07, 6.45) is 1.70. The quantitative estimate of drug-likeness (QED) is 0.750. The molecule has 2 aromatic heterocycles. The highest BCUT2D eigenvalue weighted by atomic mass is 32.2. The Morgan fingerprint density at radius 2 is 2.00 bits per heavy atom. The van der Waals surface area contributed by atoms with Gasteiger partial charge in [0.1, 0.15) is 0 Å². The first-order valence-electron chi connectivity index (χ1n) is 5.53. The molecule has 108 valence electrons. The lowest BCUT2D eigenvalue weighted by Crippen LogP contribution is -2.12. The Morgan fingerprint density at radius 1 is 1.24 bits per heavy atom. The van der Waals surface area contributed by atoms with Gasteiger partial charge in [-0.05, 0) is 46.5 Å². The number of hydrogen-bond donors (Lipinski definition) is 1. The highest BCUT2D eigenvalue weighted by molar-refractivity contribution is 8.00. The maximum atomic E-state index is 11.2. The Morgan fingerprint density at radius 3 is 2.62 bits per heavy atom. The largest absolute Gasteiger partial charge is 0.238 e. The number of primary sulfonamides is 1. The molecule has 1 aromatic carbocycles. The fourth-order valence-electron chi connectivity index (χ4n) is 1.52. The Hall–Kier alpha value is -1.82. The minimum atomic E-state index is -3.71. The first-order valence-corrected chi connectivity index (χ1v) is 8.77. The third kappa shape index (κ3) is 3.10. The predicted molar refractivity (Wildman–Crippen MR) is 76.8 cm³/mol. The van der Waals surface area contributed by atoms with Gasteiger partial charge < -0.3 is 0 Å². The number of aromatic nitrogens is 5. The van der Waals surface area contributed by atoms with Crippen molar-refractivity contribution in [3.05, 3.63) is 35.8 Å². The van der Waals surface area contributed by atoms with E-state index in [1.54, 1.807) is 18.3 Å². The first-order chi connectivity index (χ1) is 10.0. The standard InChI is InChI=1S/C10H8N6O2S3/c11-21(17,18)8-3-1-7(2-4-8)16-9(13-14-15-16)20-10-12-5-6-19-10/h1-6H,(H2,11,17,18). The van der Waals surface area contributed by atoms with E-state index in [1.807, 2.05) is 5.38 Å². The zero-order valence-electron chi connectivity index (χ0n) is 10.3. The average molecular weight is 340 g/mol. The molecule has 2 N–H and O–H groups in total. The van der Waals surface area contributed by atoms with Crippen LogP contribution in [0.4, 0.5) is 0 Å². The fourth-order valence-corrected chi connectivity index (χ4v) is 3.55. The molecule has 11 heteroatoms. The number of benzene rings is 1. The van der Waals surface area contributed by atoms with Gasteiger partial charge in [-0.15, -0.1) is 16.4 Å². The summed E-state index contributed by atoms with van der Waals surface area (Å²) in [6, 6.07) is 5.98. The van der Waals surface area contributed by atoms with E-state index in [4.69, 9.17) is 5.14 Å². The molecule has 0 fully saturated rings. The zero-order valence-corrected chi connectivity index (χ0v) is 12.8. The summed E-state index contributed by atoms with van der Waals surface area (Å²) < 4.78 is 24.8. The minimum absolute atomic E-state index is 0.0356. The second-order valence-corrected chi connectivity index (χ2v) is 7.48. The van der Waals surface area contributed by atoms with Gasteiger partial charge in [-0.25, -0.2) is 18.5 Å². The smallest absolute Gasteiger partial charge is 0.238 e. The first kappa shape index (κ1) is 14.1. The van der Waals surface area contributed by atoms with Crippen LogP contribution in [0.25, 0.3) is 5.69 Å². The monoisotopic (exact) mass is 340 g/mol. The van der Waals surface area contributed by atoms with Crippen molar-refractivity contribution in [3.63, 3.8) is 0 Å². The zero-order chi connectivity index (χ0) is 14.9. The Balaban J connectivity index is 1.93. The molecule has 0 aliphatic heterocycles. The molecule has 0 atom stereocenters. The van der Waals surface area contributed by atoms with E-state index in [2.05, 4.69) is 20.5 Å². The van der Waals surface area contributed by atoms with Crippen LogP contribution < -0.4 is 5.14 Å². The van der Waals surface area contributed by atoms with Crippen LogP contribution in [0.15, 0.2) is 50.2 Å². The van der Waals surface area contributed by atoms with Gasteiger partial charge >= 0.3 is 0 Å². The number of rotatable bonds is 4. The van der Waals surface area contributed by atoms with E-state index < -0.39 is 10.0 Å². The number of nitrogens with two attached hydrogens (primary N) is 1. The van der Waals surface area contributed by atoms with Crippen LogP contribution in [0.1, 0.15) is 0 Å². The molecule has 0 saturated carbocycles. The van der Waals surface area contributed by atoms with Crippen LogP contribution in [-0.4, -0.2) is 33.6 Å². The third-order valence-corrected chi connectivity index (χ3v) is 5.19. The van der Waals surface area contributed by atoms with Crippen molar-refractivity contribution < 1.29 is 8.42 Å². The summed E-state index contributed by atoms with van der Waals surface area (Å²) in [5, 5.41) is 18.9. The summed E-state index contributed by atoms with van der Waals surface area (Å²) in [5.74, 6) is 0. The van der Waals surface area contributed by atoms with Gasteiger partial charge in [-0.3, -0.25) is 0 Å². The van der Waals surface area contributed by atoms with Crippen molar-refractivity contribution in [3.8, 4) is 5.69 Å². The number of nitrogens with zero attached hydrogens (tertiary/aromatic N) is 5. The van der Waals surface area contributed by atoms with Gasteiger partial charge in [-0.2, -0.15) is 4.68 Å². The van der Waals surface area contributed by atoms with E-state index in [9.17, 15) is 8.42 Å². The van der Waals surface area contributed by atoms with E-state index in [0.717, 1.165) is 4.34 Å². The van der Waals surface area contributed by atoms with E-state index >= 15 is 0 Å². The Bertz CT molecular complexity index is 841. The van der Waals surface area contributed by atoms with Crippen LogP contribution in [0.5, 0.6) is 0 Å². The maximum absolute atomic E-state index is 11.2. The lowest BCUT2D eigenvalue weighted by atomic mass is 10.3. The molecule has 0 unspecified atom stereocenters. The molecule has 0 aliphatic carbocycles. The molecule has 3 rings (SSSR count). The molecule has 3 aromatic rings. The van der Waals surface area contributed by atoms with Gasteiger partial charge in [0.05, 0.1) is 10.6 Å². The summed E-state index contributed by atoms with van der Waals surface area (Å²) in [7, 11) is -3.71. The highest BCUT2D eigenvalue weighted by Gasteiger charge is 2.13. The van der Waals surface area contributed by atoms with Crippen LogP contribution in [0.2, 0.25) is 0 Å². The van der Waals surface area contributed by atoms with Gasteiger partial charge in [0.15, 0.2) is 4.34 Å². The van der Waals surface area contributed by atoms with Crippen molar-refractivity contribution in [2.24, 2.45) is 5.14 Å². The average Bonchev–Trinajstić information content (AvgIpc) is 3.10. The second kappa shape index (κ2) is 5.52. The van der Waals surface area contributed by atoms with Crippen LogP contribution >= 0.6 is 23.1 Å². The van der Waals surface area contributed by atoms with Gasteiger partial charge in [0, 0.05) is 11.6 Å². The summed E-state index contributed by atoms with van der Waals surface area (Å²) >= 11 is 2.80. The van der Waals surface area contributed by atoms with Crippen molar-refractivity contribution in [1.82, 2.24) is 25.2 Å². The Kier molecular flexibility index (Phi) is 3.71. The topological polar surface area (TPSA) is 117 Å². The molecule has 8 nitrogen and oxygen atoms in total. The van der Waals surface area contributed by atoms with Crippen LogP contribution in [0, 0.1) is 0 Å². The highest BCUT2D eigenvalue weighted by Crippen LogP contribution is 2.28. The van der Waals surface area contributed by atoms with Crippen molar-refractivity contribution in [2.75, 3.05) is 0 Å². The molecule has 0 radical (unpaired) electrons. The molecular formula is C10H8N6O2S3. The Labute approximate surface area is 128 Å². The van der Waals surface area contributed by atoms with Crippen LogP contribution in [0.3, 0.4) is 0 Å². The lowest BCUT2D eigenvalue weighted by molar-refractivity contribution is 0.597. The third-order valence-electron chi connectivity index (χ3n) is 2.44. The maximum Gasteiger partial charge on any atom is 0.238 e. The molecular weight excluding hydrogens is 332 g/mol. The number of thiazole rings is 1. The SMILES string of the molecule is NS(=O)(=O)c1ccc(-n2nnnc2Sc2nccs2)cc1. The van der Waals surface area contributed by atoms with E-state index in [-0.39, 0.29) is 4.90 Å². The molecule has 2 heterocycles. The molecule has 0 amide bonds.